The molecule has 2 atom stereocenters. The average Bonchev–Trinajstić information content (AvgIpc) is 2.76. The van der Waals surface area contributed by atoms with E-state index >= 15 is 0 Å². The number of unbranched alkanes of at least 4 members (excludes halogenated alkanes) is 1. The number of amides is 3. The van der Waals surface area contributed by atoms with E-state index in [0.717, 1.165) is 18.4 Å². The molecular formula is C23H29N3O5. The third-order valence-corrected chi connectivity index (χ3v) is 4.70. The van der Waals surface area contributed by atoms with Gasteiger partial charge in [0.2, 0.25) is 11.8 Å². The SMILES string of the molecule is CCCC[C@H](NC(=O)[C@H](Cc1ccc(O)cc1)NC(=O)OCc1ccccc1)C(N)=O. The molecule has 3 amide bonds. The minimum atomic E-state index is -0.990. The van der Waals surface area contributed by atoms with E-state index in [-0.39, 0.29) is 18.8 Å². The molecule has 5 N–H and O–H groups in total. The number of benzene rings is 2. The van der Waals surface area contributed by atoms with Crippen LogP contribution in [0.15, 0.2) is 54.6 Å². The van der Waals surface area contributed by atoms with Gasteiger partial charge in [0.05, 0.1) is 0 Å². The summed E-state index contributed by atoms with van der Waals surface area (Å²) in [5, 5.41) is 14.7. The molecular weight excluding hydrogens is 398 g/mol. The first-order valence-corrected chi connectivity index (χ1v) is 10.2. The van der Waals surface area contributed by atoms with Crippen molar-refractivity contribution in [2.45, 2.75) is 51.3 Å². The highest BCUT2D eigenvalue weighted by atomic mass is 16.5. The predicted molar refractivity (Wildman–Crippen MR) is 116 cm³/mol. The average molecular weight is 428 g/mol. The summed E-state index contributed by atoms with van der Waals surface area (Å²) in [7, 11) is 0. The van der Waals surface area contributed by atoms with E-state index in [9.17, 15) is 19.5 Å². The Morgan fingerprint density at radius 2 is 1.65 bits per heavy atom. The summed E-state index contributed by atoms with van der Waals surface area (Å²) >= 11 is 0. The van der Waals surface area contributed by atoms with E-state index in [2.05, 4.69) is 10.6 Å². The van der Waals surface area contributed by atoms with Gasteiger partial charge in [-0.15, -0.1) is 0 Å². The zero-order valence-corrected chi connectivity index (χ0v) is 17.5. The molecule has 2 aromatic rings. The summed E-state index contributed by atoms with van der Waals surface area (Å²) in [5.74, 6) is -1.07. The van der Waals surface area contributed by atoms with Crippen molar-refractivity contribution < 1.29 is 24.2 Å². The van der Waals surface area contributed by atoms with Gasteiger partial charge in [-0.25, -0.2) is 4.79 Å². The smallest absolute Gasteiger partial charge is 0.408 e. The number of phenolic OH excluding ortho intramolecular Hbond substituents is 1. The number of rotatable bonds is 11. The topological polar surface area (TPSA) is 131 Å². The number of nitrogens with one attached hydrogen (secondary N) is 2. The van der Waals surface area contributed by atoms with Crippen molar-refractivity contribution in [1.29, 1.82) is 0 Å². The molecule has 2 rings (SSSR count). The van der Waals surface area contributed by atoms with E-state index in [1.807, 2.05) is 37.3 Å². The minimum Gasteiger partial charge on any atom is -0.508 e. The lowest BCUT2D eigenvalue weighted by Gasteiger charge is -2.22. The van der Waals surface area contributed by atoms with Crippen molar-refractivity contribution in [3.63, 3.8) is 0 Å². The van der Waals surface area contributed by atoms with Crippen LogP contribution in [0.4, 0.5) is 4.79 Å². The van der Waals surface area contributed by atoms with Crippen LogP contribution in [-0.2, 0) is 27.4 Å². The number of phenols is 1. The van der Waals surface area contributed by atoms with Crippen LogP contribution in [0.3, 0.4) is 0 Å². The number of carbonyl (C=O) groups is 3. The van der Waals surface area contributed by atoms with Crippen molar-refractivity contribution in [1.82, 2.24) is 10.6 Å². The van der Waals surface area contributed by atoms with Gasteiger partial charge in [0.25, 0.3) is 0 Å². The summed E-state index contributed by atoms with van der Waals surface area (Å²) in [4.78, 5) is 36.9. The van der Waals surface area contributed by atoms with E-state index in [1.54, 1.807) is 12.1 Å². The first-order valence-electron chi connectivity index (χ1n) is 10.2. The molecule has 166 valence electrons. The van der Waals surface area contributed by atoms with Crippen LogP contribution >= 0.6 is 0 Å². The Kier molecular flexibility index (Phi) is 9.35. The largest absolute Gasteiger partial charge is 0.508 e. The Morgan fingerprint density at radius 3 is 2.26 bits per heavy atom. The molecule has 0 radical (unpaired) electrons. The second-order valence-electron chi connectivity index (χ2n) is 7.23. The molecule has 0 spiro atoms. The first kappa shape index (κ1) is 23.7. The summed E-state index contributed by atoms with van der Waals surface area (Å²) in [6.45, 7) is 2.03. The minimum absolute atomic E-state index is 0.0562. The van der Waals surface area contributed by atoms with E-state index in [0.29, 0.717) is 12.0 Å². The monoisotopic (exact) mass is 427 g/mol. The van der Waals surface area contributed by atoms with Crippen molar-refractivity contribution in [3.05, 3.63) is 65.7 Å². The second kappa shape index (κ2) is 12.2. The zero-order valence-electron chi connectivity index (χ0n) is 17.5. The van der Waals surface area contributed by atoms with Crippen molar-refractivity contribution in [3.8, 4) is 5.75 Å². The molecule has 0 aliphatic rings. The third-order valence-electron chi connectivity index (χ3n) is 4.70. The second-order valence-corrected chi connectivity index (χ2v) is 7.23. The van der Waals surface area contributed by atoms with E-state index in [4.69, 9.17) is 10.5 Å². The standard InChI is InChI=1S/C23H29N3O5/c1-2-3-9-19(21(24)28)25-22(29)20(14-16-10-12-18(27)13-11-16)26-23(30)31-15-17-7-5-4-6-8-17/h4-8,10-13,19-20,27H,2-3,9,14-15H2,1H3,(H2,24,28)(H,25,29)(H,26,30)/t19-,20-/m0/s1. The maximum atomic E-state index is 12.9. The predicted octanol–water partition coefficient (Wildman–Crippen LogP) is 2.39. The third kappa shape index (κ3) is 8.38. The molecule has 0 bridgehead atoms. The lowest BCUT2D eigenvalue weighted by Crippen LogP contribution is -2.53. The lowest BCUT2D eigenvalue weighted by molar-refractivity contribution is -0.128. The number of primary amides is 1. The summed E-state index contributed by atoms with van der Waals surface area (Å²) < 4.78 is 5.22. The molecule has 0 fully saturated rings. The maximum absolute atomic E-state index is 12.9. The van der Waals surface area contributed by atoms with E-state index in [1.165, 1.54) is 12.1 Å². The van der Waals surface area contributed by atoms with Gasteiger partial charge in [0, 0.05) is 6.42 Å². The van der Waals surface area contributed by atoms with Gasteiger partial charge in [0.1, 0.15) is 24.4 Å². The highest BCUT2D eigenvalue weighted by Crippen LogP contribution is 2.12. The summed E-state index contributed by atoms with van der Waals surface area (Å²) in [5.41, 5.74) is 6.94. The van der Waals surface area contributed by atoms with Crippen LogP contribution in [0.5, 0.6) is 5.75 Å². The van der Waals surface area contributed by atoms with Crippen LogP contribution in [0.25, 0.3) is 0 Å². The van der Waals surface area contributed by atoms with Crippen LogP contribution in [-0.4, -0.2) is 35.1 Å². The fraction of sp³-hybridized carbons (Fsp3) is 0.348. The van der Waals surface area contributed by atoms with Gasteiger partial charge in [0.15, 0.2) is 0 Å². The molecule has 0 aromatic heterocycles. The Balaban J connectivity index is 2.06. The van der Waals surface area contributed by atoms with Crippen LogP contribution < -0.4 is 16.4 Å². The summed E-state index contributed by atoms with van der Waals surface area (Å²) in [6.07, 6.45) is 1.38. The molecule has 0 aliphatic carbocycles. The molecule has 8 nitrogen and oxygen atoms in total. The normalized spacial score (nSPS) is 12.4. The maximum Gasteiger partial charge on any atom is 0.408 e. The van der Waals surface area contributed by atoms with Crippen molar-refractivity contribution in [2.24, 2.45) is 5.73 Å². The van der Waals surface area contributed by atoms with Crippen molar-refractivity contribution >= 4 is 17.9 Å². The van der Waals surface area contributed by atoms with Gasteiger partial charge in [-0.1, -0.05) is 62.2 Å². The number of aromatic hydroxyl groups is 1. The van der Waals surface area contributed by atoms with Gasteiger partial charge in [-0.3, -0.25) is 9.59 Å². The van der Waals surface area contributed by atoms with Crippen LogP contribution in [0.2, 0.25) is 0 Å². The zero-order chi connectivity index (χ0) is 22.6. The molecule has 31 heavy (non-hydrogen) atoms. The number of carbonyl (C=O) groups excluding carboxylic acids is 3. The Hall–Kier alpha value is -3.55. The number of nitrogens with two attached hydrogens (primary N) is 1. The molecule has 8 heteroatoms. The Labute approximate surface area is 181 Å². The summed E-state index contributed by atoms with van der Waals surface area (Å²) in [6, 6.07) is 13.6. The fourth-order valence-corrected chi connectivity index (χ4v) is 2.95. The van der Waals surface area contributed by atoms with Gasteiger partial charge < -0.3 is 26.2 Å². The fourth-order valence-electron chi connectivity index (χ4n) is 2.95. The molecule has 2 aromatic carbocycles. The van der Waals surface area contributed by atoms with Gasteiger partial charge in [-0.05, 0) is 29.7 Å². The Morgan fingerprint density at radius 1 is 0.968 bits per heavy atom. The molecule has 0 aliphatic heterocycles. The number of hydrogen-bond acceptors (Lipinski definition) is 5. The highest BCUT2D eigenvalue weighted by molar-refractivity contribution is 5.90. The number of hydrogen-bond donors (Lipinski definition) is 4. The molecule has 0 saturated heterocycles. The molecule has 0 heterocycles. The molecule has 0 saturated carbocycles. The van der Waals surface area contributed by atoms with Crippen molar-refractivity contribution in [2.75, 3.05) is 0 Å². The first-order chi connectivity index (χ1) is 14.9. The number of alkyl carbamates (subject to hydrolysis) is 1. The lowest BCUT2D eigenvalue weighted by atomic mass is 10.0. The van der Waals surface area contributed by atoms with Gasteiger partial charge in [-0.2, -0.15) is 0 Å². The molecule has 0 unspecified atom stereocenters. The van der Waals surface area contributed by atoms with Crippen LogP contribution in [0.1, 0.15) is 37.3 Å². The van der Waals surface area contributed by atoms with Crippen LogP contribution in [0, 0.1) is 0 Å². The van der Waals surface area contributed by atoms with E-state index < -0.39 is 30.0 Å². The van der Waals surface area contributed by atoms with Gasteiger partial charge >= 0.3 is 6.09 Å². The highest BCUT2D eigenvalue weighted by Gasteiger charge is 2.26. The number of ether oxygens (including phenoxy) is 1. The Bertz CT molecular complexity index is 855. The quantitative estimate of drug-likeness (QED) is 0.437.